The van der Waals surface area contributed by atoms with Crippen molar-refractivity contribution in [1.82, 2.24) is 9.80 Å². The Morgan fingerprint density at radius 2 is 1.88 bits per heavy atom. The van der Waals surface area contributed by atoms with Crippen LogP contribution in [0, 0.1) is 0 Å². The van der Waals surface area contributed by atoms with Gasteiger partial charge in [-0.2, -0.15) is 0 Å². The van der Waals surface area contributed by atoms with Gasteiger partial charge in [0.05, 0.1) is 0 Å². The van der Waals surface area contributed by atoms with Gasteiger partial charge in [-0.3, -0.25) is 9.69 Å². The van der Waals surface area contributed by atoms with E-state index in [0.29, 0.717) is 6.04 Å². The van der Waals surface area contributed by atoms with Gasteiger partial charge in [0.2, 0.25) is 5.91 Å². The molecule has 2 heterocycles. The zero-order chi connectivity index (χ0) is 12.5. The van der Waals surface area contributed by atoms with Crippen molar-refractivity contribution in [1.29, 1.82) is 0 Å². The van der Waals surface area contributed by atoms with E-state index in [9.17, 15) is 4.79 Å². The molecule has 1 unspecified atom stereocenters. The Morgan fingerprint density at radius 3 is 2.41 bits per heavy atom. The summed E-state index contributed by atoms with van der Waals surface area (Å²) in [5.41, 5.74) is 5.37. The Labute approximate surface area is 104 Å². The maximum absolute atomic E-state index is 12.0. The fourth-order valence-electron chi connectivity index (χ4n) is 3.40. The van der Waals surface area contributed by atoms with Crippen LogP contribution in [0.5, 0.6) is 0 Å². The van der Waals surface area contributed by atoms with Crippen molar-refractivity contribution in [3.05, 3.63) is 0 Å². The Hall–Kier alpha value is -0.610. The van der Waals surface area contributed by atoms with Crippen molar-refractivity contribution in [3.63, 3.8) is 0 Å². The third kappa shape index (κ3) is 2.33. The molecule has 2 aliphatic rings. The molecule has 1 atom stereocenters. The molecule has 4 heteroatoms. The first kappa shape index (κ1) is 12.8. The summed E-state index contributed by atoms with van der Waals surface area (Å²) >= 11 is 0. The van der Waals surface area contributed by atoms with Crippen LogP contribution in [-0.4, -0.2) is 54.0 Å². The summed E-state index contributed by atoms with van der Waals surface area (Å²) in [6.45, 7) is 5.23. The highest BCUT2D eigenvalue weighted by Gasteiger charge is 2.46. The molecule has 0 aromatic heterocycles. The Kier molecular flexibility index (Phi) is 3.73. The van der Waals surface area contributed by atoms with Crippen LogP contribution in [0.3, 0.4) is 0 Å². The summed E-state index contributed by atoms with van der Waals surface area (Å²) in [5.74, 6) is -0.112. The molecule has 17 heavy (non-hydrogen) atoms. The molecule has 4 nitrogen and oxygen atoms in total. The Balaban J connectivity index is 2.18. The number of likely N-dealkylation sites (tertiary alicyclic amines) is 2. The molecule has 2 aliphatic heterocycles. The molecule has 2 fully saturated rings. The molecular formula is C13H25N3O. The Bertz CT molecular complexity index is 284. The molecule has 1 amide bonds. The quantitative estimate of drug-likeness (QED) is 0.776. The van der Waals surface area contributed by atoms with Crippen LogP contribution in [0.15, 0.2) is 0 Å². The zero-order valence-corrected chi connectivity index (χ0v) is 11.1. The second-order valence-electron chi connectivity index (χ2n) is 5.74. The minimum atomic E-state index is -0.369. The third-order valence-electron chi connectivity index (χ3n) is 4.63. The normalized spacial score (nSPS) is 31.3. The van der Waals surface area contributed by atoms with E-state index < -0.39 is 0 Å². The molecule has 0 radical (unpaired) electrons. The number of primary amides is 1. The number of rotatable bonds is 2. The molecule has 0 bridgehead atoms. The summed E-state index contributed by atoms with van der Waals surface area (Å²) < 4.78 is 0. The van der Waals surface area contributed by atoms with Crippen LogP contribution in [0.4, 0.5) is 0 Å². The first-order valence-corrected chi connectivity index (χ1v) is 6.81. The molecule has 2 saturated heterocycles. The number of piperidine rings is 2. The summed E-state index contributed by atoms with van der Waals surface area (Å²) in [5, 5.41) is 0. The average molecular weight is 239 g/mol. The highest BCUT2D eigenvalue weighted by atomic mass is 16.1. The molecule has 0 spiro atoms. The lowest BCUT2D eigenvalue weighted by Gasteiger charge is -2.50. The molecule has 0 saturated carbocycles. The first-order valence-electron chi connectivity index (χ1n) is 6.81. The van der Waals surface area contributed by atoms with E-state index in [1.165, 1.54) is 19.3 Å². The number of amides is 1. The fraction of sp³-hybridized carbons (Fsp3) is 0.923. The van der Waals surface area contributed by atoms with Crippen molar-refractivity contribution in [3.8, 4) is 0 Å². The molecule has 0 aromatic carbocycles. The molecule has 98 valence electrons. The van der Waals surface area contributed by atoms with Crippen LogP contribution in [0.2, 0.25) is 0 Å². The standard InChI is InChI=1S/C13H25N3O/c1-11-5-3-4-8-16(11)13(12(14)17)6-9-15(2)10-7-13/h11H,3-10H2,1-2H3,(H2,14,17). The van der Waals surface area contributed by atoms with Gasteiger partial charge in [-0.25, -0.2) is 0 Å². The number of carbonyl (C=O) groups is 1. The number of nitrogens with two attached hydrogens (primary N) is 1. The largest absolute Gasteiger partial charge is 0.368 e. The highest BCUT2D eigenvalue weighted by molar-refractivity contribution is 5.85. The maximum Gasteiger partial charge on any atom is 0.238 e. The first-order chi connectivity index (χ1) is 8.06. The summed E-state index contributed by atoms with van der Waals surface area (Å²) in [6, 6.07) is 0.500. The van der Waals surface area contributed by atoms with Crippen LogP contribution in [0.1, 0.15) is 39.0 Å². The van der Waals surface area contributed by atoms with Crippen molar-refractivity contribution in [2.75, 3.05) is 26.7 Å². The van der Waals surface area contributed by atoms with Crippen molar-refractivity contribution >= 4 is 5.91 Å². The minimum absolute atomic E-state index is 0.112. The topological polar surface area (TPSA) is 49.6 Å². The maximum atomic E-state index is 12.0. The smallest absolute Gasteiger partial charge is 0.238 e. The summed E-state index contributed by atoms with van der Waals surface area (Å²) in [4.78, 5) is 16.7. The predicted molar refractivity (Wildman–Crippen MR) is 68.7 cm³/mol. The van der Waals surface area contributed by atoms with Gasteiger partial charge in [-0.1, -0.05) is 6.42 Å². The van der Waals surface area contributed by atoms with Crippen LogP contribution >= 0.6 is 0 Å². The van der Waals surface area contributed by atoms with Crippen LogP contribution in [0.25, 0.3) is 0 Å². The summed E-state index contributed by atoms with van der Waals surface area (Å²) in [6.07, 6.45) is 5.47. The third-order valence-corrected chi connectivity index (χ3v) is 4.63. The van der Waals surface area contributed by atoms with E-state index in [1.54, 1.807) is 0 Å². The van der Waals surface area contributed by atoms with E-state index in [-0.39, 0.29) is 11.4 Å². The lowest BCUT2D eigenvalue weighted by molar-refractivity contribution is -0.137. The SMILES string of the molecule is CC1CCCCN1C1(C(N)=O)CCN(C)CC1. The van der Waals surface area contributed by atoms with Crippen molar-refractivity contribution in [2.45, 2.75) is 50.6 Å². The van der Waals surface area contributed by atoms with Gasteiger partial charge >= 0.3 is 0 Å². The van der Waals surface area contributed by atoms with E-state index in [0.717, 1.165) is 32.5 Å². The van der Waals surface area contributed by atoms with Gasteiger partial charge in [-0.05, 0) is 46.2 Å². The minimum Gasteiger partial charge on any atom is -0.368 e. The number of hydrogen-bond acceptors (Lipinski definition) is 3. The van der Waals surface area contributed by atoms with Crippen LogP contribution < -0.4 is 5.73 Å². The predicted octanol–water partition coefficient (Wildman–Crippen LogP) is 0.811. The second-order valence-corrected chi connectivity index (χ2v) is 5.74. The lowest BCUT2D eigenvalue weighted by atomic mass is 9.82. The molecular weight excluding hydrogens is 214 g/mol. The Morgan fingerprint density at radius 1 is 1.24 bits per heavy atom. The second kappa shape index (κ2) is 4.94. The fourth-order valence-corrected chi connectivity index (χ4v) is 3.40. The van der Waals surface area contributed by atoms with Gasteiger partial charge in [0, 0.05) is 19.1 Å². The van der Waals surface area contributed by atoms with E-state index >= 15 is 0 Å². The van der Waals surface area contributed by atoms with E-state index in [2.05, 4.69) is 23.8 Å². The van der Waals surface area contributed by atoms with Crippen molar-refractivity contribution < 1.29 is 4.79 Å². The monoisotopic (exact) mass is 239 g/mol. The number of hydrogen-bond donors (Lipinski definition) is 1. The van der Waals surface area contributed by atoms with Gasteiger partial charge in [-0.15, -0.1) is 0 Å². The van der Waals surface area contributed by atoms with Crippen LogP contribution in [-0.2, 0) is 4.79 Å². The van der Waals surface area contributed by atoms with Gasteiger partial charge in [0.25, 0.3) is 0 Å². The summed E-state index contributed by atoms with van der Waals surface area (Å²) in [7, 11) is 2.12. The number of nitrogens with zero attached hydrogens (tertiary/aromatic N) is 2. The highest BCUT2D eigenvalue weighted by Crippen LogP contribution is 2.33. The molecule has 0 aliphatic carbocycles. The molecule has 2 N–H and O–H groups in total. The lowest BCUT2D eigenvalue weighted by Crippen LogP contribution is -2.65. The number of carbonyl (C=O) groups excluding carboxylic acids is 1. The van der Waals surface area contributed by atoms with Gasteiger partial charge in [0.15, 0.2) is 0 Å². The van der Waals surface area contributed by atoms with Gasteiger partial charge < -0.3 is 10.6 Å². The average Bonchev–Trinajstić information content (AvgIpc) is 2.31. The zero-order valence-electron chi connectivity index (χ0n) is 11.1. The van der Waals surface area contributed by atoms with Crippen molar-refractivity contribution in [2.24, 2.45) is 5.73 Å². The van der Waals surface area contributed by atoms with Gasteiger partial charge in [0.1, 0.15) is 5.54 Å². The van der Waals surface area contributed by atoms with E-state index in [1.807, 2.05) is 0 Å². The van der Waals surface area contributed by atoms with E-state index in [4.69, 9.17) is 5.73 Å². The molecule has 0 aromatic rings. The molecule has 2 rings (SSSR count).